The Morgan fingerprint density at radius 3 is 2.41 bits per heavy atom. The third-order valence-corrected chi connectivity index (χ3v) is 8.29. The molecule has 1 aliphatic carbocycles. The summed E-state index contributed by atoms with van der Waals surface area (Å²) in [6.45, 7) is 7.32. The monoisotopic (exact) mass is 487 g/mol. The fourth-order valence-corrected chi connectivity index (χ4v) is 5.06. The number of aliphatic hydroxyl groups is 1. The Balaban J connectivity index is 1.73. The zero-order valence-electron chi connectivity index (χ0n) is 20.1. The maximum atomic E-state index is 15.8. The molecule has 1 fully saturated rings. The molecule has 0 unspecified atom stereocenters. The molecular weight excluding hydrogens is 456 g/mol. The minimum Gasteiger partial charge on any atom is -0.465 e. The summed E-state index contributed by atoms with van der Waals surface area (Å²) in [4.78, 5) is 12.4. The fraction of sp³-hybridized carbons (Fsp3) is 0.423. The maximum absolute atomic E-state index is 15.8. The number of methoxy groups -OCH3 is 1. The molecule has 8 heteroatoms. The molecule has 34 heavy (non-hydrogen) atoms. The highest BCUT2D eigenvalue weighted by atomic mass is 28.3. The number of benzene rings is 2. The predicted octanol–water partition coefficient (Wildman–Crippen LogP) is 6.06. The van der Waals surface area contributed by atoms with Gasteiger partial charge in [0.25, 0.3) is 0 Å². The third kappa shape index (κ3) is 4.67. The van der Waals surface area contributed by atoms with Crippen LogP contribution in [0.3, 0.4) is 0 Å². The molecule has 1 aromatic heterocycles. The minimum absolute atomic E-state index is 0.00116. The van der Waals surface area contributed by atoms with E-state index in [2.05, 4.69) is 19.6 Å². The number of esters is 1. The van der Waals surface area contributed by atoms with Gasteiger partial charge in [-0.1, -0.05) is 43.9 Å². The smallest absolute Gasteiger partial charge is 0.340 e. The van der Waals surface area contributed by atoms with Crippen molar-refractivity contribution in [2.75, 3.05) is 13.7 Å². The van der Waals surface area contributed by atoms with E-state index in [0.29, 0.717) is 25.0 Å². The Morgan fingerprint density at radius 2 is 1.85 bits per heavy atom. The summed E-state index contributed by atoms with van der Waals surface area (Å²) in [5.41, 5.74) is 0.240. The van der Waals surface area contributed by atoms with Crippen LogP contribution in [0.4, 0.5) is 8.78 Å². The molecule has 1 aliphatic rings. The molecule has 0 saturated heterocycles. The Labute approximate surface area is 199 Å². The molecular formula is C26H31F2NO4Si. The van der Waals surface area contributed by atoms with Crippen LogP contribution in [0.2, 0.25) is 25.7 Å². The molecule has 2 aromatic carbocycles. The van der Waals surface area contributed by atoms with E-state index in [9.17, 15) is 9.90 Å². The summed E-state index contributed by atoms with van der Waals surface area (Å²) >= 11 is 0. The van der Waals surface area contributed by atoms with Crippen LogP contribution in [0.5, 0.6) is 0 Å². The van der Waals surface area contributed by atoms with Crippen LogP contribution < -0.4 is 0 Å². The number of hydrogen-bond donors (Lipinski definition) is 1. The lowest BCUT2D eigenvalue weighted by atomic mass is 9.75. The number of aromatic nitrogens is 1. The van der Waals surface area contributed by atoms with Gasteiger partial charge in [0.05, 0.1) is 34.7 Å². The van der Waals surface area contributed by atoms with Crippen LogP contribution in [0.25, 0.3) is 22.0 Å². The molecule has 1 heterocycles. The predicted molar refractivity (Wildman–Crippen MR) is 130 cm³/mol. The Hall–Kier alpha value is -2.55. The lowest BCUT2D eigenvalue weighted by Crippen LogP contribution is -2.33. The summed E-state index contributed by atoms with van der Waals surface area (Å²) in [6, 6.07) is 8.80. The summed E-state index contributed by atoms with van der Waals surface area (Å²) in [6.07, 6.45) is 3.76. The van der Waals surface area contributed by atoms with Gasteiger partial charge in [0.15, 0.2) is 0 Å². The van der Waals surface area contributed by atoms with Gasteiger partial charge in [-0.05, 0) is 42.5 Å². The SMILES string of the molecule is COC(=O)c1cn(COCC[Si](C)(C)C)c2cc(F)c(-c3ccc(C4(O)CCC4)cc3)c(F)c12. The quantitative estimate of drug-likeness (QED) is 0.238. The zero-order valence-corrected chi connectivity index (χ0v) is 21.1. The minimum atomic E-state index is -1.29. The third-order valence-electron chi connectivity index (χ3n) is 6.58. The molecule has 0 atom stereocenters. The number of carbonyl (C=O) groups excluding carboxylic acids is 1. The van der Waals surface area contributed by atoms with Gasteiger partial charge in [-0.2, -0.15) is 0 Å². The molecule has 5 nitrogen and oxygen atoms in total. The first-order valence-corrected chi connectivity index (χ1v) is 15.2. The molecule has 0 aliphatic heterocycles. The van der Waals surface area contributed by atoms with Gasteiger partial charge in [-0.15, -0.1) is 0 Å². The molecule has 0 amide bonds. The Morgan fingerprint density at radius 1 is 1.18 bits per heavy atom. The van der Waals surface area contributed by atoms with Gasteiger partial charge in [0, 0.05) is 20.9 Å². The van der Waals surface area contributed by atoms with Crippen LogP contribution in [-0.4, -0.2) is 37.4 Å². The van der Waals surface area contributed by atoms with Crippen molar-refractivity contribution >= 4 is 24.9 Å². The summed E-state index contributed by atoms with van der Waals surface area (Å²) in [5.74, 6) is -2.27. The fourth-order valence-electron chi connectivity index (χ4n) is 4.30. The van der Waals surface area contributed by atoms with E-state index in [-0.39, 0.29) is 28.8 Å². The summed E-state index contributed by atoms with van der Waals surface area (Å²) < 4.78 is 43.2. The average molecular weight is 488 g/mol. The molecule has 1 N–H and O–H groups in total. The topological polar surface area (TPSA) is 60.7 Å². The van der Waals surface area contributed by atoms with E-state index < -0.39 is 31.3 Å². The largest absolute Gasteiger partial charge is 0.465 e. The van der Waals surface area contributed by atoms with Gasteiger partial charge >= 0.3 is 5.97 Å². The molecule has 182 valence electrons. The highest BCUT2D eigenvalue weighted by Gasteiger charge is 2.36. The van der Waals surface area contributed by atoms with Crippen molar-refractivity contribution in [1.29, 1.82) is 0 Å². The lowest BCUT2D eigenvalue weighted by molar-refractivity contribution is -0.0387. The molecule has 0 radical (unpaired) electrons. The van der Waals surface area contributed by atoms with Crippen molar-refractivity contribution < 1.29 is 28.2 Å². The van der Waals surface area contributed by atoms with Crippen LogP contribution >= 0.6 is 0 Å². The van der Waals surface area contributed by atoms with Gasteiger partial charge in [-0.25, -0.2) is 13.6 Å². The van der Waals surface area contributed by atoms with Crippen molar-refractivity contribution in [3.8, 4) is 11.1 Å². The standard InChI is InChI=1S/C26H31F2NO4Si/c1-32-25(30)19-15-29(16-33-12-13-34(2,3)4)21-14-20(27)22(24(28)23(19)21)17-6-8-18(9-7-17)26(31)10-5-11-26/h6-9,14-15,31H,5,10-13,16H2,1-4H3. The number of nitrogens with zero attached hydrogens (tertiary/aromatic N) is 1. The second kappa shape index (κ2) is 9.24. The Kier molecular flexibility index (Phi) is 6.68. The van der Waals surface area contributed by atoms with Gasteiger partial charge in [0.1, 0.15) is 18.4 Å². The molecule has 0 bridgehead atoms. The second-order valence-electron chi connectivity index (χ2n) is 10.3. The van der Waals surface area contributed by atoms with E-state index in [1.807, 2.05) is 0 Å². The highest BCUT2D eigenvalue weighted by Crippen LogP contribution is 2.42. The van der Waals surface area contributed by atoms with Crippen LogP contribution in [0.1, 0.15) is 35.2 Å². The lowest BCUT2D eigenvalue weighted by Gasteiger charge is -2.37. The van der Waals surface area contributed by atoms with Crippen LogP contribution in [-0.2, 0) is 21.8 Å². The number of ether oxygens (including phenoxy) is 2. The van der Waals surface area contributed by atoms with E-state index in [4.69, 9.17) is 9.47 Å². The van der Waals surface area contributed by atoms with Gasteiger partial charge in [-0.3, -0.25) is 0 Å². The number of halogens is 2. The maximum Gasteiger partial charge on any atom is 0.340 e. The van der Waals surface area contributed by atoms with Gasteiger partial charge in [0.2, 0.25) is 0 Å². The molecule has 4 rings (SSSR count). The number of fused-ring (bicyclic) bond motifs is 1. The summed E-state index contributed by atoms with van der Waals surface area (Å²) in [5, 5.41) is 10.5. The van der Waals surface area contributed by atoms with E-state index >= 15 is 8.78 Å². The van der Waals surface area contributed by atoms with Crippen molar-refractivity contribution in [3.63, 3.8) is 0 Å². The molecule has 3 aromatic rings. The van der Waals surface area contributed by atoms with Gasteiger partial charge < -0.3 is 19.1 Å². The normalized spacial score (nSPS) is 15.4. The van der Waals surface area contributed by atoms with Crippen LogP contribution in [0.15, 0.2) is 36.5 Å². The van der Waals surface area contributed by atoms with Crippen molar-refractivity contribution in [2.45, 2.75) is 57.3 Å². The number of hydrogen-bond acceptors (Lipinski definition) is 4. The second-order valence-corrected chi connectivity index (χ2v) is 15.9. The van der Waals surface area contributed by atoms with E-state index in [1.165, 1.54) is 23.9 Å². The molecule has 1 saturated carbocycles. The first-order chi connectivity index (χ1) is 16.0. The number of carbonyl (C=O) groups is 1. The average Bonchev–Trinajstić information content (AvgIpc) is 3.13. The zero-order chi connectivity index (χ0) is 24.7. The molecule has 0 spiro atoms. The Bertz CT molecular complexity index is 1210. The highest BCUT2D eigenvalue weighted by molar-refractivity contribution is 6.76. The number of rotatable bonds is 8. The van der Waals surface area contributed by atoms with Crippen molar-refractivity contribution in [2.24, 2.45) is 0 Å². The summed E-state index contributed by atoms with van der Waals surface area (Å²) in [7, 11) is -0.0649. The van der Waals surface area contributed by atoms with Crippen molar-refractivity contribution in [3.05, 3.63) is 59.3 Å². The van der Waals surface area contributed by atoms with E-state index in [1.54, 1.807) is 24.3 Å². The first kappa shape index (κ1) is 24.6. The van der Waals surface area contributed by atoms with Crippen molar-refractivity contribution in [1.82, 2.24) is 4.57 Å². The van der Waals surface area contributed by atoms with Crippen LogP contribution in [0, 0.1) is 11.6 Å². The van der Waals surface area contributed by atoms with E-state index in [0.717, 1.165) is 18.0 Å². The first-order valence-electron chi connectivity index (χ1n) is 11.5.